The van der Waals surface area contributed by atoms with Gasteiger partial charge < -0.3 is 10.1 Å². The third kappa shape index (κ3) is 3.11. The van der Waals surface area contributed by atoms with E-state index >= 15 is 0 Å². The maximum absolute atomic E-state index is 11.9. The van der Waals surface area contributed by atoms with Crippen LogP contribution in [0.3, 0.4) is 0 Å². The number of aromatic nitrogens is 3. The van der Waals surface area contributed by atoms with Crippen LogP contribution in [0.2, 0.25) is 0 Å². The fourth-order valence-electron chi connectivity index (χ4n) is 2.41. The Hall–Kier alpha value is -2.06. The minimum absolute atomic E-state index is 0.341. The SMILES string of the molecule is CCc1cnc(CNc2nc(C)nc3sc(C(=O)OC)c(C)c23)s1. The average molecular weight is 362 g/mol. The highest BCUT2D eigenvalue weighted by Crippen LogP contribution is 2.34. The number of thiazole rings is 1. The quantitative estimate of drug-likeness (QED) is 0.697. The molecule has 0 radical (unpaired) electrons. The number of hydrogen-bond acceptors (Lipinski definition) is 8. The number of thiophene rings is 1. The zero-order valence-corrected chi connectivity index (χ0v) is 15.6. The lowest BCUT2D eigenvalue weighted by atomic mass is 10.2. The number of rotatable bonds is 5. The van der Waals surface area contributed by atoms with Gasteiger partial charge in [0.05, 0.1) is 19.0 Å². The normalized spacial score (nSPS) is 11.0. The minimum Gasteiger partial charge on any atom is -0.465 e. The van der Waals surface area contributed by atoms with E-state index in [9.17, 15) is 4.79 Å². The third-order valence-corrected chi connectivity index (χ3v) is 5.94. The van der Waals surface area contributed by atoms with Crippen LogP contribution in [-0.4, -0.2) is 28.0 Å². The molecule has 0 unspecified atom stereocenters. The minimum atomic E-state index is -0.341. The van der Waals surface area contributed by atoms with Crippen molar-refractivity contribution in [1.82, 2.24) is 15.0 Å². The zero-order valence-electron chi connectivity index (χ0n) is 14.0. The van der Waals surface area contributed by atoms with Crippen molar-refractivity contribution in [1.29, 1.82) is 0 Å². The Kier molecular flexibility index (Phi) is 4.77. The number of fused-ring (bicyclic) bond motifs is 1. The molecule has 0 spiro atoms. The molecular weight excluding hydrogens is 344 g/mol. The molecule has 0 saturated heterocycles. The monoisotopic (exact) mass is 362 g/mol. The molecule has 24 heavy (non-hydrogen) atoms. The van der Waals surface area contributed by atoms with Crippen LogP contribution in [0.15, 0.2) is 6.20 Å². The molecule has 0 amide bonds. The Morgan fingerprint density at radius 1 is 1.29 bits per heavy atom. The smallest absolute Gasteiger partial charge is 0.348 e. The molecule has 3 rings (SSSR count). The molecule has 126 valence electrons. The molecule has 0 fully saturated rings. The van der Waals surface area contributed by atoms with Gasteiger partial charge >= 0.3 is 5.97 Å². The first-order valence-electron chi connectivity index (χ1n) is 7.57. The van der Waals surface area contributed by atoms with E-state index in [1.54, 1.807) is 11.3 Å². The second kappa shape index (κ2) is 6.82. The maximum atomic E-state index is 11.9. The third-order valence-electron chi connectivity index (χ3n) is 3.63. The molecule has 3 aromatic heterocycles. The molecule has 0 aliphatic heterocycles. The van der Waals surface area contributed by atoms with Crippen molar-refractivity contribution in [3.63, 3.8) is 0 Å². The van der Waals surface area contributed by atoms with E-state index in [0.717, 1.165) is 33.0 Å². The number of hydrogen-bond donors (Lipinski definition) is 1. The van der Waals surface area contributed by atoms with Crippen LogP contribution in [0.5, 0.6) is 0 Å². The molecule has 0 aliphatic carbocycles. The molecule has 6 nitrogen and oxygen atoms in total. The summed E-state index contributed by atoms with van der Waals surface area (Å²) in [7, 11) is 1.38. The molecule has 0 atom stereocenters. The molecule has 0 saturated carbocycles. The molecule has 0 bridgehead atoms. The first kappa shape index (κ1) is 16.8. The van der Waals surface area contributed by atoms with Crippen molar-refractivity contribution in [2.75, 3.05) is 12.4 Å². The van der Waals surface area contributed by atoms with Crippen molar-refractivity contribution in [3.8, 4) is 0 Å². The van der Waals surface area contributed by atoms with Crippen molar-refractivity contribution in [2.24, 2.45) is 0 Å². The molecule has 0 aromatic carbocycles. The van der Waals surface area contributed by atoms with Gasteiger partial charge in [0.15, 0.2) is 0 Å². The summed E-state index contributed by atoms with van der Waals surface area (Å²) < 4.78 is 4.86. The summed E-state index contributed by atoms with van der Waals surface area (Å²) in [6, 6.07) is 0. The summed E-state index contributed by atoms with van der Waals surface area (Å²) in [6.45, 7) is 6.45. The van der Waals surface area contributed by atoms with Crippen LogP contribution in [-0.2, 0) is 17.7 Å². The Morgan fingerprint density at radius 2 is 2.08 bits per heavy atom. The van der Waals surface area contributed by atoms with Crippen LogP contribution < -0.4 is 5.32 Å². The predicted octanol–water partition coefficient (Wildman–Crippen LogP) is 3.73. The predicted molar refractivity (Wildman–Crippen MR) is 97.0 cm³/mol. The Labute approximate surface area is 147 Å². The van der Waals surface area contributed by atoms with Gasteiger partial charge in [-0.2, -0.15) is 0 Å². The van der Waals surface area contributed by atoms with Gasteiger partial charge in [-0.1, -0.05) is 6.92 Å². The summed E-state index contributed by atoms with van der Waals surface area (Å²) >= 11 is 3.03. The number of carbonyl (C=O) groups is 1. The first-order chi connectivity index (χ1) is 11.5. The number of esters is 1. The molecule has 1 N–H and O–H groups in total. The van der Waals surface area contributed by atoms with Crippen molar-refractivity contribution < 1.29 is 9.53 Å². The van der Waals surface area contributed by atoms with Crippen molar-refractivity contribution >= 4 is 44.7 Å². The summed E-state index contributed by atoms with van der Waals surface area (Å²) in [5, 5.41) is 5.23. The topological polar surface area (TPSA) is 77.0 Å². The van der Waals surface area contributed by atoms with E-state index in [-0.39, 0.29) is 5.97 Å². The highest BCUT2D eigenvalue weighted by atomic mass is 32.1. The highest BCUT2D eigenvalue weighted by molar-refractivity contribution is 7.20. The van der Waals surface area contributed by atoms with Gasteiger partial charge in [0.1, 0.15) is 26.4 Å². The van der Waals surface area contributed by atoms with Gasteiger partial charge in [0, 0.05) is 11.1 Å². The summed E-state index contributed by atoms with van der Waals surface area (Å²) in [6.07, 6.45) is 2.90. The molecular formula is C16H18N4O2S2. The summed E-state index contributed by atoms with van der Waals surface area (Å²) in [4.78, 5) is 27.9. The van der Waals surface area contributed by atoms with E-state index in [1.807, 2.05) is 20.0 Å². The van der Waals surface area contributed by atoms with E-state index in [2.05, 4.69) is 27.2 Å². The largest absolute Gasteiger partial charge is 0.465 e. The van der Waals surface area contributed by atoms with Gasteiger partial charge in [-0.25, -0.2) is 19.7 Å². The number of nitrogens with zero attached hydrogens (tertiary/aromatic N) is 3. The number of ether oxygens (including phenoxy) is 1. The number of anilines is 1. The zero-order chi connectivity index (χ0) is 17.3. The lowest BCUT2D eigenvalue weighted by molar-refractivity contribution is 0.0605. The van der Waals surface area contributed by atoms with Gasteiger partial charge in [-0.15, -0.1) is 22.7 Å². The van der Waals surface area contributed by atoms with Crippen LogP contribution in [0.4, 0.5) is 5.82 Å². The molecule has 0 aliphatic rings. The molecule has 3 aromatic rings. The molecule has 8 heteroatoms. The van der Waals surface area contributed by atoms with Crippen LogP contribution >= 0.6 is 22.7 Å². The average Bonchev–Trinajstić information content (AvgIpc) is 3.16. The Bertz CT molecular complexity index is 901. The van der Waals surface area contributed by atoms with Crippen LogP contribution in [0, 0.1) is 13.8 Å². The lowest BCUT2D eigenvalue weighted by Crippen LogP contribution is -2.04. The number of nitrogens with one attached hydrogen (secondary N) is 1. The van der Waals surface area contributed by atoms with E-state index in [0.29, 0.717) is 17.2 Å². The highest BCUT2D eigenvalue weighted by Gasteiger charge is 2.20. The van der Waals surface area contributed by atoms with Crippen LogP contribution in [0.25, 0.3) is 10.2 Å². The van der Waals surface area contributed by atoms with E-state index < -0.39 is 0 Å². The van der Waals surface area contributed by atoms with Gasteiger partial charge in [-0.3, -0.25) is 0 Å². The number of carbonyl (C=O) groups excluding carboxylic acids is 1. The fourth-order valence-corrected chi connectivity index (χ4v) is 4.36. The van der Waals surface area contributed by atoms with E-state index in [4.69, 9.17) is 4.74 Å². The Balaban J connectivity index is 1.97. The van der Waals surface area contributed by atoms with Gasteiger partial charge in [0.2, 0.25) is 0 Å². The first-order valence-corrected chi connectivity index (χ1v) is 9.20. The van der Waals surface area contributed by atoms with Crippen molar-refractivity contribution in [3.05, 3.63) is 32.3 Å². The number of aryl methyl sites for hydroxylation is 3. The standard InChI is InChI=1S/C16H18N4O2S2/c1-5-10-6-17-11(23-10)7-18-14-12-8(2)13(16(21)22-4)24-15(12)20-9(3)19-14/h6H,5,7H2,1-4H3,(H,18,19,20). The maximum Gasteiger partial charge on any atom is 0.348 e. The van der Waals surface area contributed by atoms with Gasteiger partial charge in [0.25, 0.3) is 0 Å². The second-order valence-electron chi connectivity index (χ2n) is 5.27. The second-order valence-corrected chi connectivity index (χ2v) is 7.47. The van der Waals surface area contributed by atoms with Crippen molar-refractivity contribution in [2.45, 2.75) is 33.7 Å². The van der Waals surface area contributed by atoms with Gasteiger partial charge in [-0.05, 0) is 25.8 Å². The molecule has 3 heterocycles. The fraction of sp³-hybridized carbons (Fsp3) is 0.375. The number of methoxy groups -OCH3 is 1. The van der Waals surface area contributed by atoms with Crippen LogP contribution in [0.1, 0.15) is 37.9 Å². The summed E-state index contributed by atoms with van der Waals surface area (Å²) in [5.41, 5.74) is 0.845. The lowest BCUT2D eigenvalue weighted by Gasteiger charge is -2.07. The Morgan fingerprint density at radius 3 is 2.75 bits per heavy atom. The summed E-state index contributed by atoms with van der Waals surface area (Å²) in [5.74, 6) is 1.05. The van der Waals surface area contributed by atoms with E-state index in [1.165, 1.54) is 23.3 Å².